The molecule has 5 heteroatoms. The third-order valence-corrected chi connectivity index (χ3v) is 4.63. The van der Waals surface area contributed by atoms with E-state index < -0.39 is 12.0 Å². The standard InChI is InChI=1S/C16H17ClN2O2/c1-19-12-5-3-2-4-10(12)15-13(19)7-6-9(16(15)17)11(18)8-14(20)21/h2-5,11H,6-8,18H2,1H3,(H,20,21). The quantitative estimate of drug-likeness (QED) is 0.916. The third kappa shape index (κ3) is 2.24. The number of fused-ring (bicyclic) bond motifs is 3. The van der Waals surface area contributed by atoms with Crippen molar-refractivity contribution in [2.24, 2.45) is 12.8 Å². The molecule has 1 aromatic carbocycles. The molecule has 0 radical (unpaired) electrons. The zero-order valence-corrected chi connectivity index (χ0v) is 12.5. The highest BCUT2D eigenvalue weighted by Crippen LogP contribution is 2.41. The first kappa shape index (κ1) is 14.2. The van der Waals surface area contributed by atoms with Crippen LogP contribution in [0, 0.1) is 0 Å². The Bertz CT molecular complexity index is 761. The first-order valence-corrected chi connectivity index (χ1v) is 7.31. The second kappa shape index (κ2) is 5.20. The van der Waals surface area contributed by atoms with Gasteiger partial charge in [-0.05, 0) is 24.5 Å². The maximum absolute atomic E-state index is 10.9. The lowest BCUT2D eigenvalue weighted by Crippen LogP contribution is -2.28. The van der Waals surface area contributed by atoms with Crippen LogP contribution in [0.3, 0.4) is 0 Å². The van der Waals surface area contributed by atoms with E-state index in [1.807, 2.05) is 25.2 Å². The lowest BCUT2D eigenvalue weighted by atomic mass is 9.90. The first-order chi connectivity index (χ1) is 10.0. The molecule has 0 saturated heterocycles. The zero-order valence-electron chi connectivity index (χ0n) is 11.8. The van der Waals surface area contributed by atoms with Crippen LogP contribution in [0.15, 0.2) is 29.8 Å². The van der Waals surface area contributed by atoms with Gasteiger partial charge in [-0.15, -0.1) is 0 Å². The summed E-state index contributed by atoms with van der Waals surface area (Å²) in [4.78, 5) is 10.9. The summed E-state index contributed by atoms with van der Waals surface area (Å²) in [5.74, 6) is -0.900. The van der Waals surface area contributed by atoms with Crippen LogP contribution in [0.25, 0.3) is 15.9 Å². The van der Waals surface area contributed by atoms with E-state index in [9.17, 15) is 4.79 Å². The maximum atomic E-state index is 10.9. The monoisotopic (exact) mass is 304 g/mol. The van der Waals surface area contributed by atoms with Gasteiger partial charge < -0.3 is 15.4 Å². The van der Waals surface area contributed by atoms with E-state index in [4.69, 9.17) is 22.4 Å². The summed E-state index contributed by atoms with van der Waals surface area (Å²) in [5.41, 5.74) is 10.2. The Kier molecular flexibility index (Phi) is 3.51. The second-order valence-corrected chi connectivity index (χ2v) is 5.82. The van der Waals surface area contributed by atoms with E-state index in [1.54, 1.807) is 0 Å². The summed E-state index contributed by atoms with van der Waals surface area (Å²) in [6.07, 6.45) is 1.45. The Hall–Kier alpha value is -1.78. The molecule has 110 valence electrons. The second-order valence-electron chi connectivity index (χ2n) is 5.44. The van der Waals surface area contributed by atoms with Crippen molar-refractivity contribution in [1.82, 2.24) is 4.57 Å². The molecule has 0 fully saturated rings. The molecule has 1 atom stereocenters. The van der Waals surface area contributed by atoms with Gasteiger partial charge >= 0.3 is 5.97 Å². The van der Waals surface area contributed by atoms with Crippen LogP contribution in [0.5, 0.6) is 0 Å². The van der Waals surface area contributed by atoms with Crippen LogP contribution in [0.1, 0.15) is 24.1 Å². The van der Waals surface area contributed by atoms with E-state index in [2.05, 4.69) is 10.6 Å². The number of para-hydroxylation sites is 1. The van der Waals surface area contributed by atoms with Gasteiger partial charge in [0.25, 0.3) is 0 Å². The summed E-state index contributed by atoms with van der Waals surface area (Å²) >= 11 is 6.58. The van der Waals surface area contributed by atoms with Crippen molar-refractivity contribution in [2.75, 3.05) is 0 Å². The number of aromatic nitrogens is 1. The molecule has 0 saturated carbocycles. The Morgan fingerprint density at radius 2 is 2.14 bits per heavy atom. The van der Waals surface area contributed by atoms with Gasteiger partial charge in [-0.1, -0.05) is 29.8 Å². The zero-order chi connectivity index (χ0) is 15.1. The fourth-order valence-electron chi connectivity index (χ4n) is 3.17. The Labute approximate surface area is 127 Å². The average molecular weight is 305 g/mol. The van der Waals surface area contributed by atoms with Crippen molar-refractivity contribution in [2.45, 2.75) is 25.3 Å². The molecule has 1 aliphatic rings. The molecular weight excluding hydrogens is 288 g/mol. The maximum Gasteiger partial charge on any atom is 0.305 e. The van der Waals surface area contributed by atoms with E-state index in [0.29, 0.717) is 11.5 Å². The number of carboxylic acids is 1. The number of benzene rings is 1. The number of halogens is 1. The van der Waals surface area contributed by atoms with Crippen molar-refractivity contribution >= 4 is 33.5 Å². The molecule has 0 aliphatic heterocycles. The highest BCUT2D eigenvalue weighted by molar-refractivity contribution is 6.50. The number of aliphatic carboxylic acids is 1. The largest absolute Gasteiger partial charge is 0.481 e. The highest BCUT2D eigenvalue weighted by atomic mass is 35.5. The SMILES string of the molecule is Cn1c2c(c3ccccc31)C(Cl)=C(C(N)CC(=O)O)CC2. The predicted octanol–water partition coefficient (Wildman–Crippen LogP) is 2.88. The molecule has 3 rings (SSSR count). The summed E-state index contributed by atoms with van der Waals surface area (Å²) in [6.45, 7) is 0. The number of carbonyl (C=O) groups is 1. The fourth-order valence-corrected chi connectivity index (χ4v) is 3.61. The molecule has 0 amide bonds. The van der Waals surface area contributed by atoms with Gasteiger partial charge in [-0.25, -0.2) is 0 Å². The van der Waals surface area contributed by atoms with E-state index >= 15 is 0 Å². The van der Waals surface area contributed by atoms with Gasteiger partial charge in [-0.2, -0.15) is 0 Å². The van der Waals surface area contributed by atoms with Crippen LogP contribution >= 0.6 is 11.6 Å². The molecule has 1 aliphatic carbocycles. The molecule has 2 aromatic rings. The number of rotatable bonds is 3. The Morgan fingerprint density at radius 1 is 1.43 bits per heavy atom. The number of hydrogen-bond donors (Lipinski definition) is 2. The van der Waals surface area contributed by atoms with Crippen LogP contribution in [0.4, 0.5) is 0 Å². The minimum Gasteiger partial charge on any atom is -0.481 e. The summed E-state index contributed by atoms with van der Waals surface area (Å²) in [5, 5.41) is 10.6. The normalized spacial score (nSPS) is 16.1. The van der Waals surface area contributed by atoms with Crippen LogP contribution < -0.4 is 5.73 Å². The van der Waals surface area contributed by atoms with Gasteiger partial charge in [0.05, 0.1) is 11.5 Å². The van der Waals surface area contributed by atoms with E-state index in [1.165, 1.54) is 5.69 Å². The Morgan fingerprint density at radius 3 is 2.86 bits per heavy atom. The van der Waals surface area contributed by atoms with E-state index in [0.717, 1.165) is 28.5 Å². The van der Waals surface area contributed by atoms with Crippen LogP contribution in [-0.4, -0.2) is 21.7 Å². The van der Waals surface area contributed by atoms with Crippen molar-refractivity contribution in [3.05, 3.63) is 41.1 Å². The predicted molar refractivity (Wildman–Crippen MR) is 84.2 cm³/mol. The number of aryl methyl sites for hydroxylation is 1. The fraction of sp³-hybridized carbons (Fsp3) is 0.312. The van der Waals surface area contributed by atoms with Crippen molar-refractivity contribution in [1.29, 1.82) is 0 Å². The summed E-state index contributed by atoms with van der Waals surface area (Å²) in [6, 6.07) is 7.57. The highest BCUT2D eigenvalue weighted by Gasteiger charge is 2.27. The smallest absolute Gasteiger partial charge is 0.305 e. The minimum absolute atomic E-state index is 0.0916. The van der Waals surface area contributed by atoms with Crippen LogP contribution in [-0.2, 0) is 18.3 Å². The van der Waals surface area contributed by atoms with Crippen molar-refractivity contribution in [3.63, 3.8) is 0 Å². The van der Waals surface area contributed by atoms with Gasteiger partial charge in [-0.3, -0.25) is 4.79 Å². The molecular formula is C16H17ClN2O2. The number of nitrogens with zero attached hydrogens (tertiary/aromatic N) is 1. The topological polar surface area (TPSA) is 68.2 Å². The Balaban J connectivity index is 2.17. The molecule has 21 heavy (non-hydrogen) atoms. The molecule has 1 heterocycles. The number of hydrogen-bond acceptors (Lipinski definition) is 2. The molecule has 3 N–H and O–H groups in total. The molecule has 1 aromatic heterocycles. The van der Waals surface area contributed by atoms with Gasteiger partial charge in [0.2, 0.25) is 0 Å². The number of nitrogens with two attached hydrogens (primary N) is 1. The van der Waals surface area contributed by atoms with E-state index in [-0.39, 0.29) is 6.42 Å². The summed E-state index contributed by atoms with van der Waals surface area (Å²) < 4.78 is 2.16. The molecule has 1 unspecified atom stereocenters. The molecule has 0 bridgehead atoms. The third-order valence-electron chi connectivity index (χ3n) is 4.20. The van der Waals surface area contributed by atoms with Gasteiger partial charge in [0, 0.05) is 35.2 Å². The van der Waals surface area contributed by atoms with Gasteiger partial charge in [0.15, 0.2) is 0 Å². The lowest BCUT2D eigenvalue weighted by Gasteiger charge is -2.22. The first-order valence-electron chi connectivity index (χ1n) is 6.93. The number of carboxylic acid groups (broad SMARTS) is 1. The average Bonchev–Trinajstić information content (AvgIpc) is 2.73. The van der Waals surface area contributed by atoms with Crippen molar-refractivity contribution < 1.29 is 9.90 Å². The lowest BCUT2D eigenvalue weighted by molar-refractivity contribution is -0.137. The minimum atomic E-state index is -0.900. The summed E-state index contributed by atoms with van der Waals surface area (Å²) in [7, 11) is 2.04. The van der Waals surface area contributed by atoms with Gasteiger partial charge in [0.1, 0.15) is 0 Å². The molecule has 4 nitrogen and oxygen atoms in total. The van der Waals surface area contributed by atoms with Crippen molar-refractivity contribution in [3.8, 4) is 0 Å². The molecule has 0 spiro atoms. The van der Waals surface area contributed by atoms with Crippen LogP contribution in [0.2, 0.25) is 0 Å².